The fourth-order valence-electron chi connectivity index (χ4n) is 4.30. The molecule has 0 spiro atoms. The Morgan fingerprint density at radius 1 is 1.06 bits per heavy atom. The highest BCUT2D eigenvalue weighted by molar-refractivity contribution is 7.89. The van der Waals surface area contributed by atoms with Crippen LogP contribution in [0.25, 0.3) is 11.1 Å². The number of carbonyl (C=O) groups excluding carboxylic acids is 1. The molecule has 4 rings (SSSR count). The summed E-state index contributed by atoms with van der Waals surface area (Å²) in [5.41, 5.74) is 6.67. The van der Waals surface area contributed by atoms with Gasteiger partial charge in [-0.1, -0.05) is 66.2 Å². The maximum absolute atomic E-state index is 13.8. The van der Waals surface area contributed by atoms with Crippen LogP contribution in [-0.4, -0.2) is 43.7 Å². The average Bonchev–Trinajstić information content (AvgIpc) is 3.59. The number of amidine groups is 1. The molecule has 0 aromatic heterocycles. The minimum absolute atomic E-state index is 0.00606. The maximum atomic E-state index is 13.8. The number of methoxy groups -OCH3 is 1. The van der Waals surface area contributed by atoms with Crippen LogP contribution >= 0.6 is 11.6 Å². The largest absolute Gasteiger partial charge is 0.468 e. The Kier molecular flexibility index (Phi) is 6.49. The number of benzene rings is 3. The first-order valence-corrected chi connectivity index (χ1v) is 12.4. The van der Waals surface area contributed by atoms with Gasteiger partial charge in [-0.05, 0) is 47.4 Å². The number of nitrogens with one attached hydrogen (secondary N) is 1. The summed E-state index contributed by atoms with van der Waals surface area (Å²) in [6.07, 6.45) is 0.235. The Bertz CT molecular complexity index is 1310. The number of rotatable bonds is 8. The third-order valence-corrected chi connectivity index (χ3v) is 8.21. The third kappa shape index (κ3) is 4.32. The smallest absolute Gasteiger partial charge is 0.328 e. The van der Waals surface area contributed by atoms with Gasteiger partial charge in [-0.15, -0.1) is 0 Å². The van der Waals surface area contributed by atoms with Crippen LogP contribution in [0.5, 0.6) is 0 Å². The molecule has 1 saturated carbocycles. The minimum Gasteiger partial charge on any atom is -0.468 e. The molecule has 0 amide bonds. The predicted octanol–water partition coefficient (Wildman–Crippen LogP) is 4.03. The van der Waals surface area contributed by atoms with Crippen molar-refractivity contribution in [2.45, 2.75) is 22.8 Å². The number of carbonyl (C=O) groups is 1. The lowest BCUT2D eigenvalue weighted by molar-refractivity contribution is -0.146. The van der Waals surface area contributed by atoms with Gasteiger partial charge in [0.05, 0.1) is 18.6 Å². The molecule has 7 nitrogen and oxygen atoms in total. The van der Waals surface area contributed by atoms with Gasteiger partial charge in [0.15, 0.2) is 0 Å². The Labute approximate surface area is 203 Å². The van der Waals surface area contributed by atoms with Crippen LogP contribution in [0.1, 0.15) is 17.9 Å². The quantitative estimate of drug-likeness (QED) is 0.277. The highest BCUT2D eigenvalue weighted by Gasteiger charge is 2.68. The molecule has 1 aliphatic rings. The van der Waals surface area contributed by atoms with E-state index in [0.717, 1.165) is 21.0 Å². The van der Waals surface area contributed by atoms with Crippen molar-refractivity contribution in [3.05, 3.63) is 89.4 Å². The molecule has 1 fully saturated rings. The zero-order chi connectivity index (χ0) is 24.5. The van der Waals surface area contributed by atoms with Crippen molar-refractivity contribution in [2.24, 2.45) is 5.73 Å². The molecule has 2 unspecified atom stereocenters. The second-order valence-corrected chi connectivity index (χ2v) is 10.5. The lowest BCUT2D eigenvalue weighted by Crippen LogP contribution is -2.52. The van der Waals surface area contributed by atoms with Crippen LogP contribution in [0, 0.1) is 5.41 Å². The first kappa shape index (κ1) is 23.9. The molecule has 3 aromatic carbocycles. The van der Waals surface area contributed by atoms with Crippen molar-refractivity contribution in [3.8, 4) is 11.1 Å². The van der Waals surface area contributed by atoms with Crippen molar-refractivity contribution in [2.75, 3.05) is 13.7 Å². The van der Waals surface area contributed by atoms with Crippen molar-refractivity contribution in [3.63, 3.8) is 0 Å². The molecule has 0 saturated heterocycles. The number of ether oxygens (including phenoxy) is 1. The zero-order valence-electron chi connectivity index (χ0n) is 18.4. The summed E-state index contributed by atoms with van der Waals surface area (Å²) in [5, 5.41) is 8.42. The van der Waals surface area contributed by atoms with E-state index in [1.54, 1.807) is 24.3 Å². The second kappa shape index (κ2) is 9.21. The summed E-state index contributed by atoms with van der Waals surface area (Å²) in [5.74, 6) is -1.46. The molecule has 3 N–H and O–H groups in total. The van der Waals surface area contributed by atoms with Crippen LogP contribution in [-0.2, 0) is 19.6 Å². The standard InChI is InChI=1S/C25H24ClN3O4S/c1-33-24(30)25(15-22(25)19-5-3-2-4-6-19)29(16-23(27)28)34(31,32)21-13-9-18(10-14-21)17-7-11-20(26)12-8-17/h2-14,22H,15-16H2,1H3,(H3,27,28). The molecular formula is C25H24ClN3O4S. The summed E-state index contributed by atoms with van der Waals surface area (Å²) >= 11 is 5.95. The van der Waals surface area contributed by atoms with E-state index in [9.17, 15) is 13.2 Å². The fraction of sp³-hybridized carbons (Fsp3) is 0.200. The maximum Gasteiger partial charge on any atom is 0.328 e. The molecule has 176 valence electrons. The summed E-state index contributed by atoms with van der Waals surface area (Å²) in [7, 11) is -2.98. The number of sulfonamides is 1. The highest BCUT2D eigenvalue weighted by atomic mass is 35.5. The van der Waals surface area contributed by atoms with Gasteiger partial charge in [-0.2, -0.15) is 4.31 Å². The van der Waals surface area contributed by atoms with Gasteiger partial charge in [-0.3, -0.25) is 5.41 Å². The molecule has 2 atom stereocenters. The average molecular weight is 498 g/mol. The number of esters is 1. The molecule has 0 bridgehead atoms. The van der Waals surface area contributed by atoms with Crippen molar-refractivity contribution >= 4 is 33.4 Å². The summed E-state index contributed by atoms with van der Waals surface area (Å²) in [6.45, 7) is -0.431. The number of halogens is 1. The monoisotopic (exact) mass is 497 g/mol. The van der Waals surface area contributed by atoms with E-state index in [1.165, 1.54) is 19.2 Å². The Hall–Kier alpha value is -3.20. The minimum atomic E-state index is -4.20. The van der Waals surface area contributed by atoms with Gasteiger partial charge in [0.25, 0.3) is 0 Å². The van der Waals surface area contributed by atoms with E-state index < -0.39 is 34.0 Å². The molecule has 3 aromatic rings. The fourth-order valence-corrected chi connectivity index (χ4v) is 6.17. The molecule has 0 aliphatic heterocycles. The lowest BCUT2D eigenvalue weighted by atomic mass is 10.1. The summed E-state index contributed by atoms with van der Waals surface area (Å²) < 4.78 is 33.6. The Morgan fingerprint density at radius 2 is 1.62 bits per heavy atom. The van der Waals surface area contributed by atoms with Crippen LogP contribution in [0.4, 0.5) is 0 Å². The molecule has 1 aliphatic carbocycles. The van der Waals surface area contributed by atoms with E-state index in [-0.39, 0.29) is 17.2 Å². The predicted molar refractivity (Wildman–Crippen MR) is 131 cm³/mol. The second-order valence-electron chi connectivity index (χ2n) is 8.15. The number of nitrogens with zero attached hydrogens (tertiary/aromatic N) is 1. The topological polar surface area (TPSA) is 114 Å². The molecule has 34 heavy (non-hydrogen) atoms. The van der Waals surface area contributed by atoms with Crippen molar-refractivity contribution in [1.82, 2.24) is 4.31 Å². The molecular weight excluding hydrogens is 474 g/mol. The van der Waals surface area contributed by atoms with Crippen molar-refractivity contribution < 1.29 is 17.9 Å². The van der Waals surface area contributed by atoms with Crippen LogP contribution in [0.3, 0.4) is 0 Å². The van der Waals surface area contributed by atoms with Crippen LogP contribution in [0.15, 0.2) is 83.8 Å². The van der Waals surface area contributed by atoms with Gasteiger partial charge in [0.1, 0.15) is 11.4 Å². The first-order valence-electron chi connectivity index (χ1n) is 10.6. The SMILES string of the molecule is COC(=O)C1(N(CC(=N)N)S(=O)(=O)c2ccc(-c3ccc(Cl)cc3)cc2)CC1c1ccccc1. The molecule has 0 radical (unpaired) electrons. The van der Waals surface area contributed by atoms with Gasteiger partial charge >= 0.3 is 5.97 Å². The number of hydrogen-bond donors (Lipinski definition) is 2. The summed E-state index contributed by atoms with van der Waals surface area (Å²) in [4.78, 5) is 13.0. The number of hydrogen-bond acceptors (Lipinski definition) is 5. The van der Waals surface area contributed by atoms with Crippen molar-refractivity contribution in [1.29, 1.82) is 5.41 Å². The van der Waals surface area contributed by atoms with E-state index in [4.69, 9.17) is 27.5 Å². The zero-order valence-corrected chi connectivity index (χ0v) is 20.0. The lowest BCUT2D eigenvalue weighted by Gasteiger charge is -2.30. The molecule has 0 heterocycles. The van der Waals surface area contributed by atoms with Gasteiger partial charge in [0, 0.05) is 10.9 Å². The van der Waals surface area contributed by atoms with E-state index in [0.29, 0.717) is 5.02 Å². The van der Waals surface area contributed by atoms with E-state index >= 15 is 0 Å². The summed E-state index contributed by atoms with van der Waals surface area (Å²) in [6, 6.07) is 22.7. The van der Waals surface area contributed by atoms with E-state index in [1.807, 2.05) is 42.5 Å². The number of nitrogens with two attached hydrogens (primary N) is 1. The van der Waals surface area contributed by atoms with E-state index in [2.05, 4.69) is 0 Å². The van der Waals surface area contributed by atoms with Gasteiger partial charge < -0.3 is 10.5 Å². The highest BCUT2D eigenvalue weighted by Crippen LogP contribution is 2.57. The van der Waals surface area contributed by atoms with Crippen LogP contribution in [0.2, 0.25) is 5.02 Å². The normalized spacial score (nSPS) is 19.6. The Morgan fingerprint density at radius 3 is 2.15 bits per heavy atom. The first-order chi connectivity index (χ1) is 16.2. The van der Waals surface area contributed by atoms with Gasteiger partial charge in [-0.25, -0.2) is 13.2 Å². The molecule has 9 heteroatoms. The third-order valence-electron chi connectivity index (χ3n) is 6.05. The van der Waals surface area contributed by atoms with Gasteiger partial charge in [0.2, 0.25) is 10.0 Å². The Balaban J connectivity index is 1.74. The van der Waals surface area contributed by atoms with Crippen LogP contribution < -0.4 is 5.73 Å².